The lowest BCUT2D eigenvalue weighted by atomic mass is 9.95. The number of hydrogen-bond acceptors (Lipinski definition) is 2. The van der Waals surface area contributed by atoms with Crippen LogP contribution in [0.25, 0.3) is 5.83 Å². The van der Waals surface area contributed by atoms with E-state index in [9.17, 15) is 53.5 Å². The minimum atomic E-state index is -5.30. The molecule has 0 spiro atoms. The summed E-state index contributed by atoms with van der Waals surface area (Å²) in [6.07, 6.45) is -19.0. The van der Waals surface area contributed by atoms with Crippen molar-refractivity contribution >= 4 is 52.4 Å². The third-order valence-electron chi connectivity index (χ3n) is 5.24. The summed E-state index contributed by atoms with van der Waals surface area (Å²) >= 11 is 17.2. The van der Waals surface area contributed by atoms with E-state index in [2.05, 4.69) is 0 Å². The first-order valence-corrected chi connectivity index (χ1v) is 12.2. The summed E-state index contributed by atoms with van der Waals surface area (Å²) in [5.41, 5.74) is -4.48. The summed E-state index contributed by atoms with van der Waals surface area (Å²) in [4.78, 5) is 24.0. The van der Waals surface area contributed by atoms with Crippen molar-refractivity contribution in [3.63, 3.8) is 0 Å². The van der Waals surface area contributed by atoms with Gasteiger partial charge >= 0.3 is 18.5 Å². The van der Waals surface area contributed by atoms with Crippen molar-refractivity contribution in [3.05, 3.63) is 73.7 Å². The van der Waals surface area contributed by atoms with Crippen molar-refractivity contribution in [3.8, 4) is 0 Å². The van der Waals surface area contributed by atoms with Gasteiger partial charge in [0.2, 0.25) is 5.91 Å². The van der Waals surface area contributed by atoms with Crippen molar-refractivity contribution in [2.24, 2.45) is 0 Å². The SMILES string of the molecule is CC(NC(=O)CCC(F)(F)F)NC(=O)c1ccc(/C(F)=C/C(c2cc(Cl)c(Cl)c(Cl)c2)C(F)(F)F)cc1C(F)(F)F. The van der Waals surface area contributed by atoms with E-state index in [-0.39, 0.29) is 17.2 Å². The van der Waals surface area contributed by atoms with Crippen LogP contribution in [0.4, 0.5) is 43.9 Å². The van der Waals surface area contributed by atoms with Gasteiger partial charge in [-0.25, -0.2) is 4.39 Å². The van der Waals surface area contributed by atoms with Crippen LogP contribution in [-0.2, 0) is 11.0 Å². The van der Waals surface area contributed by atoms with Crippen LogP contribution in [0.5, 0.6) is 0 Å². The maximum atomic E-state index is 15.0. The molecule has 0 radical (unpaired) electrons. The van der Waals surface area contributed by atoms with Gasteiger partial charge in [-0.15, -0.1) is 0 Å². The van der Waals surface area contributed by atoms with Crippen LogP contribution in [0, 0.1) is 0 Å². The number of halogens is 13. The Hall–Kier alpha value is -2.71. The summed E-state index contributed by atoms with van der Waals surface area (Å²) in [5, 5.41) is 2.82. The van der Waals surface area contributed by atoms with Crippen molar-refractivity contribution < 1.29 is 53.5 Å². The average Bonchev–Trinajstić information content (AvgIpc) is 2.82. The second-order valence-electron chi connectivity index (χ2n) is 8.47. The van der Waals surface area contributed by atoms with E-state index in [0.29, 0.717) is 12.1 Å². The largest absolute Gasteiger partial charge is 0.417 e. The number of alkyl halides is 9. The van der Waals surface area contributed by atoms with E-state index < -0.39 is 93.4 Å². The van der Waals surface area contributed by atoms with Crippen LogP contribution in [0.15, 0.2) is 36.4 Å². The lowest BCUT2D eigenvalue weighted by molar-refractivity contribution is -0.144. The molecule has 226 valence electrons. The Morgan fingerprint density at radius 3 is 1.95 bits per heavy atom. The lowest BCUT2D eigenvalue weighted by Crippen LogP contribution is -2.46. The predicted molar refractivity (Wildman–Crippen MR) is 131 cm³/mol. The van der Waals surface area contributed by atoms with Gasteiger partial charge in [0.05, 0.1) is 38.8 Å². The highest BCUT2D eigenvalue weighted by Gasteiger charge is 2.41. The molecular formula is C24H17Cl3F10N2O2. The van der Waals surface area contributed by atoms with Gasteiger partial charge in [0.1, 0.15) is 11.7 Å². The fraction of sp³-hybridized carbons (Fsp3) is 0.333. The maximum Gasteiger partial charge on any atom is 0.417 e. The highest BCUT2D eigenvalue weighted by atomic mass is 35.5. The molecule has 0 aliphatic carbocycles. The van der Waals surface area contributed by atoms with Gasteiger partial charge in [0.25, 0.3) is 5.91 Å². The first kappa shape index (κ1) is 34.5. The zero-order chi connectivity index (χ0) is 31.5. The Balaban J connectivity index is 2.39. The molecule has 0 saturated carbocycles. The average molecular weight is 662 g/mol. The van der Waals surface area contributed by atoms with Gasteiger partial charge in [-0.05, 0) is 42.8 Å². The molecule has 2 N–H and O–H groups in total. The number of rotatable bonds is 8. The summed E-state index contributed by atoms with van der Waals surface area (Å²) in [6.45, 7) is 1.06. The van der Waals surface area contributed by atoms with Crippen molar-refractivity contribution in [1.82, 2.24) is 10.6 Å². The van der Waals surface area contributed by atoms with Crippen LogP contribution in [0.3, 0.4) is 0 Å². The molecule has 2 aromatic rings. The second kappa shape index (κ2) is 13.1. The molecule has 0 fully saturated rings. The third kappa shape index (κ3) is 9.96. The Bertz CT molecular complexity index is 1300. The number of amides is 2. The number of allylic oxidation sites excluding steroid dienone is 1. The third-order valence-corrected chi connectivity index (χ3v) is 6.43. The molecule has 4 nitrogen and oxygen atoms in total. The molecular weight excluding hydrogens is 645 g/mol. The van der Waals surface area contributed by atoms with Gasteiger partial charge in [0.15, 0.2) is 0 Å². The number of carbonyl (C=O) groups excluding carboxylic acids is 2. The zero-order valence-corrected chi connectivity index (χ0v) is 22.5. The van der Waals surface area contributed by atoms with Gasteiger partial charge in [-0.3, -0.25) is 9.59 Å². The van der Waals surface area contributed by atoms with E-state index in [4.69, 9.17) is 34.8 Å². The number of carbonyl (C=O) groups is 2. The highest BCUT2D eigenvalue weighted by molar-refractivity contribution is 6.48. The molecule has 0 aliphatic heterocycles. The first-order valence-electron chi connectivity index (χ1n) is 11.1. The van der Waals surface area contributed by atoms with Gasteiger partial charge < -0.3 is 10.6 Å². The Kier molecular flexibility index (Phi) is 11.0. The molecule has 2 aromatic carbocycles. The monoisotopic (exact) mass is 660 g/mol. The van der Waals surface area contributed by atoms with Crippen LogP contribution >= 0.6 is 34.8 Å². The summed E-state index contributed by atoms with van der Waals surface area (Å²) < 4.78 is 134. The second-order valence-corrected chi connectivity index (χ2v) is 9.66. The molecule has 17 heteroatoms. The summed E-state index contributed by atoms with van der Waals surface area (Å²) in [5.74, 6) is -7.07. The smallest absolute Gasteiger partial charge is 0.336 e. The van der Waals surface area contributed by atoms with Crippen LogP contribution in [0.2, 0.25) is 15.1 Å². The molecule has 0 heterocycles. The topological polar surface area (TPSA) is 58.2 Å². The minimum absolute atomic E-state index is 0.0102. The molecule has 0 aliphatic rings. The Labute approximate surface area is 240 Å². The quantitative estimate of drug-likeness (QED) is 0.169. The molecule has 2 rings (SSSR count). The van der Waals surface area contributed by atoms with Crippen LogP contribution in [-0.4, -0.2) is 30.3 Å². The number of hydrogen-bond donors (Lipinski definition) is 2. The van der Waals surface area contributed by atoms with E-state index in [1.54, 1.807) is 0 Å². The van der Waals surface area contributed by atoms with Crippen molar-refractivity contribution in [1.29, 1.82) is 0 Å². The van der Waals surface area contributed by atoms with E-state index in [0.717, 1.165) is 19.1 Å². The number of benzene rings is 2. The first-order chi connectivity index (χ1) is 18.6. The molecule has 0 saturated heterocycles. The molecule has 2 amide bonds. The van der Waals surface area contributed by atoms with Crippen molar-refractivity contribution in [2.45, 2.75) is 50.4 Å². The Morgan fingerprint density at radius 1 is 0.902 bits per heavy atom. The number of nitrogens with one attached hydrogen (secondary N) is 2. The van der Waals surface area contributed by atoms with Crippen LogP contribution in [0.1, 0.15) is 52.7 Å². The van der Waals surface area contributed by atoms with E-state index in [1.807, 2.05) is 10.6 Å². The predicted octanol–water partition coefficient (Wildman–Crippen LogP) is 8.86. The van der Waals surface area contributed by atoms with Gasteiger partial charge in [-0.2, -0.15) is 39.5 Å². The van der Waals surface area contributed by atoms with Crippen LogP contribution < -0.4 is 10.6 Å². The fourth-order valence-corrected chi connectivity index (χ4v) is 3.99. The summed E-state index contributed by atoms with van der Waals surface area (Å²) in [6, 6.07) is 2.71. The van der Waals surface area contributed by atoms with Gasteiger partial charge in [-0.1, -0.05) is 40.9 Å². The Morgan fingerprint density at radius 2 is 1.46 bits per heavy atom. The normalized spacial score (nSPS) is 14.4. The minimum Gasteiger partial charge on any atom is -0.336 e. The molecule has 2 unspecified atom stereocenters. The lowest BCUT2D eigenvalue weighted by Gasteiger charge is -2.20. The van der Waals surface area contributed by atoms with E-state index in [1.165, 1.54) is 0 Å². The molecule has 41 heavy (non-hydrogen) atoms. The van der Waals surface area contributed by atoms with Crippen molar-refractivity contribution in [2.75, 3.05) is 0 Å². The van der Waals surface area contributed by atoms with E-state index >= 15 is 0 Å². The molecule has 0 aromatic heterocycles. The fourth-order valence-electron chi connectivity index (χ4n) is 3.38. The molecule has 0 bridgehead atoms. The highest BCUT2D eigenvalue weighted by Crippen LogP contribution is 2.42. The standard InChI is InChI=1S/C24H17Cl3F10N2O2/c1-10(38-19(40)4-5-22(29,30)31)39-21(41)13-3-2-11(6-15(13)24(35,36)37)18(28)9-14(23(32,33)34)12-7-16(25)20(27)17(26)8-12/h2-3,6-10,14H,4-5H2,1H3,(H,38,40)(H,39,41)/b18-9-. The van der Waals surface area contributed by atoms with Gasteiger partial charge in [0, 0.05) is 12.0 Å². The zero-order valence-electron chi connectivity index (χ0n) is 20.3. The molecule has 2 atom stereocenters. The maximum absolute atomic E-state index is 15.0. The summed E-state index contributed by atoms with van der Waals surface area (Å²) in [7, 11) is 0.